The lowest BCUT2D eigenvalue weighted by atomic mass is 10.1. The Hall–Kier alpha value is -2.89. The predicted octanol–water partition coefficient (Wildman–Crippen LogP) is 3.49. The predicted molar refractivity (Wildman–Crippen MR) is 90.4 cm³/mol. The molecule has 0 atom stereocenters. The standard InChI is InChI=1S/C19H18FNO4/c20-17-10-15(6-3-14(17)9-18(22)23)21-19(24)13-4-7-16(8-5-13)25-11-12-1-2-12/h3-8,10,12H,1-2,9,11H2,(H,21,24)(H,22,23). The molecule has 130 valence electrons. The molecule has 1 saturated carbocycles. The van der Waals surface area contributed by atoms with Gasteiger partial charge in [0.1, 0.15) is 11.6 Å². The summed E-state index contributed by atoms with van der Waals surface area (Å²) >= 11 is 0. The smallest absolute Gasteiger partial charge is 0.307 e. The van der Waals surface area contributed by atoms with Crippen molar-refractivity contribution >= 4 is 17.6 Å². The number of carbonyl (C=O) groups excluding carboxylic acids is 1. The summed E-state index contributed by atoms with van der Waals surface area (Å²) in [6, 6.07) is 10.7. The van der Waals surface area contributed by atoms with Gasteiger partial charge in [0, 0.05) is 11.3 Å². The van der Waals surface area contributed by atoms with Crippen LogP contribution in [0.5, 0.6) is 5.75 Å². The zero-order chi connectivity index (χ0) is 17.8. The number of ether oxygens (including phenoxy) is 1. The van der Waals surface area contributed by atoms with Gasteiger partial charge >= 0.3 is 5.97 Å². The first kappa shape index (κ1) is 17.0. The molecule has 1 aliphatic carbocycles. The Kier molecular flexibility index (Phi) is 4.97. The second-order valence-corrected chi connectivity index (χ2v) is 6.11. The molecule has 0 spiro atoms. The van der Waals surface area contributed by atoms with Gasteiger partial charge in [-0.2, -0.15) is 0 Å². The van der Waals surface area contributed by atoms with Crippen LogP contribution in [0.3, 0.4) is 0 Å². The second-order valence-electron chi connectivity index (χ2n) is 6.11. The first-order valence-electron chi connectivity index (χ1n) is 8.05. The van der Waals surface area contributed by atoms with E-state index in [-0.39, 0.29) is 17.2 Å². The van der Waals surface area contributed by atoms with Gasteiger partial charge < -0.3 is 15.2 Å². The van der Waals surface area contributed by atoms with Crippen molar-refractivity contribution in [3.63, 3.8) is 0 Å². The first-order chi connectivity index (χ1) is 12.0. The molecule has 0 bridgehead atoms. The number of carbonyl (C=O) groups is 2. The van der Waals surface area contributed by atoms with Crippen molar-refractivity contribution < 1.29 is 23.8 Å². The Morgan fingerprint density at radius 2 is 1.88 bits per heavy atom. The third-order valence-electron chi connectivity index (χ3n) is 3.95. The SMILES string of the molecule is O=C(O)Cc1ccc(NC(=O)c2ccc(OCC3CC3)cc2)cc1F. The van der Waals surface area contributed by atoms with Crippen LogP contribution in [-0.2, 0) is 11.2 Å². The molecule has 0 unspecified atom stereocenters. The molecule has 0 heterocycles. The van der Waals surface area contributed by atoms with Crippen LogP contribution in [-0.4, -0.2) is 23.6 Å². The summed E-state index contributed by atoms with van der Waals surface area (Å²) in [6.45, 7) is 0.702. The third kappa shape index (κ3) is 4.79. The number of hydrogen-bond donors (Lipinski definition) is 2. The topological polar surface area (TPSA) is 75.6 Å². The van der Waals surface area contributed by atoms with E-state index in [0.29, 0.717) is 23.8 Å². The molecule has 0 aromatic heterocycles. The van der Waals surface area contributed by atoms with Crippen molar-refractivity contribution in [2.24, 2.45) is 5.92 Å². The van der Waals surface area contributed by atoms with Crippen molar-refractivity contribution in [2.75, 3.05) is 11.9 Å². The average Bonchev–Trinajstić information content (AvgIpc) is 3.40. The monoisotopic (exact) mass is 343 g/mol. The maximum absolute atomic E-state index is 13.8. The van der Waals surface area contributed by atoms with Gasteiger partial charge in [-0.25, -0.2) is 4.39 Å². The van der Waals surface area contributed by atoms with E-state index >= 15 is 0 Å². The number of amides is 1. The van der Waals surface area contributed by atoms with Crippen LogP contribution in [0.15, 0.2) is 42.5 Å². The van der Waals surface area contributed by atoms with Crippen molar-refractivity contribution in [3.05, 3.63) is 59.4 Å². The summed E-state index contributed by atoms with van der Waals surface area (Å²) in [5.74, 6) is -0.780. The highest BCUT2D eigenvalue weighted by atomic mass is 19.1. The third-order valence-corrected chi connectivity index (χ3v) is 3.95. The van der Waals surface area contributed by atoms with Crippen LogP contribution < -0.4 is 10.1 Å². The molecule has 3 rings (SSSR count). The van der Waals surface area contributed by atoms with Crippen molar-refractivity contribution in [1.29, 1.82) is 0 Å². The highest BCUT2D eigenvalue weighted by molar-refractivity contribution is 6.04. The largest absolute Gasteiger partial charge is 0.493 e. The van der Waals surface area contributed by atoms with Crippen LogP contribution in [0, 0.1) is 11.7 Å². The van der Waals surface area contributed by atoms with Gasteiger partial charge in [0.05, 0.1) is 13.0 Å². The Bertz CT molecular complexity index is 785. The molecule has 1 aliphatic rings. The van der Waals surface area contributed by atoms with E-state index < -0.39 is 18.2 Å². The van der Waals surface area contributed by atoms with Gasteiger partial charge in [0.2, 0.25) is 0 Å². The number of nitrogens with one attached hydrogen (secondary N) is 1. The number of anilines is 1. The molecule has 25 heavy (non-hydrogen) atoms. The van der Waals surface area contributed by atoms with Gasteiger partial charge in [-0.1, -0.05) is 6.07 Å². The maximum atomic E-state index is 13.8. The molecule has 5 nitrogen and oxygen atoms in total. The Balaban J connectivity index is 1.61. The molecular weight excluding hydrogens is 325 g/mol. The van der Waals surface area contributed by atoms with Crippen LogP contribution >= 0.6 is 0 Å². The summed E-state index contributed by atoms with van der Waals surface area (Å²) < 4.78 is 19.5. The first-order valence-corrected chi connectivity index (χ1v) is 8.05. The lowest BCUT2D eigenvalue weighted by Crippen LogP contribution is -2.12. The van der Waals surface area contributed by atoms with E-state index in [1.807, 2.05) is 0 Å². The fourth-order valence-electron chi connectivity index (χ4n) is 2.34. The van der Waals surface area contributed by atoms with Crippen molar-refractivity contribution in [2.45, 2.75) is 19.3 Å². The Morgan fingerprint density at radius 3 is 2.48 bits per heavy atom. The molecule has 2 aromatic rings. The minimum Gasteiger partial charge on any atom is -0.493 e. The quantitative estimate of drug-likeness (QED) is 0.807. The van der Waals surface area contributed by atoms with E-state index in [1.54, 1.807) is 24.3 Å². The number of halogens is 1. The zero-order valence-corrected chi connectivity index (χ0v) is 13.5. The summed E-state index contributed by atoms with van der Waals surface area (Å²) in [6.07, 6.45) is 2.02. The molecule has 1 fully saturated rings. The molecule has 0 radical (unpaired) electrons. The van der Waals surface area contributed by atoms with Gasteiger partial charge in [0.25, 0.3) is 5.91 Å². The van der Waals surface area contributed by atoms with Gasteiger partial charge in [-0.05, 0) is 60.7 Å². The maximum Gasteiger partial charge on any atom is 0.307 e. The zero-order valence-electron chi connectivity index (χ0n) is 13.5. The average molecular weight is 343 g/mol. The molecule has 2 N–H and O–H groups in total. The van der Waals surface area contributed by atoms with E-state index in [4.69, 9.17) is 9.84 Å². The minimum atomic E-state index is -1.11. The highest BCUT2D eigenvalue weighted by Crippen LogP contribution is 2.29. The van der Waals surface area contributed by atoms with Crippen LogP contribution in [0.2, 0.25) is 0 Å². The summed E-state index contributed by atoms with van der Waals surface area (Å²) in [5.41, 5.74) is 0.766. The fourth-order valence-corrected chi connectivity index (χ4v) is 2.34. The lowest BCUT2D eigenvalue weighted by molar-refractivity contribution is -0.136. The molecular formula is C19H18FNO4. The van der Waals surface area contributed by atoms with E-state index in [9.17, 15) is 14.0 Å². The van der Waals surface area contributed by atoms with E-state index in [2.05, 4.69) is 5.32 Å². The number of aliphatic carboxylic acids is 1. The van der Waals surface area contributed by atoms with Gasteiger partial charge in [0.15, 0.2) is 0 Å². The number of carboxylic acid groups (broad SMARTS) is 1. The van der Waals surface area contributed by atoms with E-state index in [0.717, 1.165) is 6.07 Å². The molecule has 0 saturated heterocycles. The van der Waals surface area contributed by atoms with Gasteiger partial charge in [-0.3, -0.25) is 9.59 Å². The normalized spacial score (nSPS) is 13.3. The lowest BCUT2D eigenvalue weighted by Gasteiger charge is -2.09. The molecule has 2 aromatic carbocycles. The molecule has 6 heteroatoms. The van der Waals surface area contributed by atoms with Crippen LogP contribution in [0.25, 0.3) is 0 Å². The van der Waals surface area contributed by atoms with Crippen molar-refractivity contribution in [3.8, 4) is 5.75 Å². The summed E-state index contributed by atoms with van der Waals surface area (Å²) in [7, 11) is 0. The summed E-state index contributed by atoms with van der Waals surface area (Å²) in [4.78, 5) is 22.8. The van der Waals surface area contributed by atoms with E-state index in [1.165, 1.54) is 25.0 Å². The number of hydrogen-bond acceptors (Lipinski definition) is 3. The van der Waals surface area contributed by atoms with Crippen LogP contribution in [0.1, 0.15) is 28.8 Å². The minimum absolute atomic E-state index is 0.0719. The Morgan fingerprint density at radius 1 is 1.16 bits per heavy atom. The second kappa shape index (κ2) is 7.34. The molecule has 0 aliphatic heterocycles. The van der Waals surface area contributed by atoms with Crippen molar-refractivity contribution in [1.82, 2.24) is 0 Å². The number of carboxylic acids is 1. The van der Waals surface area contributed by atoms with Gasteiger partial charge in [-0.15, -0.1) is 0 Å². The number of rotatable bonds is 7. The summed E-state index contributed by atoms with van der Waals surface area (Å²) in [5, 5.41) is 11.3. The molecule has 1 amide bonds. The Labute approximate surface area is 144 Å². The fraction of sp³-hybridized carbons (Fsp3) is 0.263. The highest BCUT2D eigenvalue weighted by Gasteiger charge is 2.21. The number of benzene rings is 2. The van der Waals surface area contributed by atoms with Crippen LogP contribution in [0.4, 0.5) is 10.1 Å².